The average Bonchev–Trinajstić information content (AvgIpc) is 3.29. The number of benzene rings is 1. The second kappa shape index (κ2) is 8.38. The lowest BCUT2D eigenvalue weighted by atomic mass is 9.94. The summed E-state index contributed by atoms with van der Waals surface area (Å²) in [6.45, 7) is 8.83. The normalized spacial score (nSPS) is 18.8. The molecule has 0 saturated heterocycles. The quantitative estimate of drug-likeness (QED) is 0.439. The highest BCUT2D eigenvalue weighted by Crippen LogP contribution is 2.44. The summed E-state index contributed by atoms with van der Waals surface area (Å²) < 4.78 is 45.3. The number of nitrogens with one attached hydrogen (secondary N) is 2. The number of hydrogen-bond acceptors (Lipinski definition) is 4. The summed E-state index contributed by atoms with van der Waals surface area (Å²) in [6.07, 6.45) is -4.57. The average molecular weight is 465 g/mol. The molecule has 2 N–H and O–H groups in total. The molecule has 1 aliphatic rings. The molecule has 2 aromatic heterocycles. The van der Waals surface area contributed by atoms with E-state index in [0.717, 1.165) is 15.8 Å². The Bertz CT molecular complexity index is 1140. The second-order valence-corrected chi connectivity index (χ2v) is 9.41. The van der Waals surface area contributed by atoms with E-state index in [0.29, 0.717) is 34.6 Å². The van der Waals surface area contributed by atoms with Gasteiger partial charge in [-0.1, -0.05) is 52.0 Å². The first-order valence-electron chi connectivity index (χ1n) is 10.7. The van der Waals surface area contributed by atoms with E-state index >= 15 is 0 Å². The third-order valence-corrected chi connectivity index (χ3v) is 6.04. The zero-order valence-corrected chi connectivity index (χ0v) is 19.3. The molecular weight excluding hydrogens is 437 g/mol. The standard InChI is InChI=1S/C22H27F3N6S/c1-12(2)11-30-20(27-28-21(30)32)17-10-19-26-16(9-18(22(23,24)25)31(19)29-17)15-7-5-14(6-8-15)13(3)4/h5-8,10,12-13,16,18,26H,9,11H2,1-4H3,(H,28,32)/t16-,18-/m0/s1. The molecule has 172 valence electrons. The second-order valence-electron chi connectivity index (χ2n) is 9.03. The number of aromatic nitrogens is 5. The van der Waals surface area contributed by atoms with Gasteiger partial charge in [0.1, 0.15) is 11.5 Å². The fourth-order valence-electron chi connectivity index (χ4n) is 4.06. The zero-order valence-electron chi connectivity index (χ0n) is 18.4. The van der Waals surface area contributed by atoms with E-state index in [2.05, 4.69) is 34.5 Å². The van der Waals surface area contributed by atoms with Gasteiger partial charge in [-0.05, 0) is 35.2 Å². The van der Waals surface area contributed by atoms with Crippen molar-refractivity contribution in [3.05, 3.63) is 46.2 Å². The molecule has 2 atom stereocenters. The van der Waals surface area contributed by atoms with Crippen molar-refractivity contribution in [3.63, 3.8) is 0 Å². The van der Waals surface area contributed by atoms with Gasteiger partial charge in [0.05, 0.1) is 6.04 Å². The molecule has 0 fully saturated rings. The van der Waals surface area contributed by atoms with Crippen molar-refractivity contribution in [2.24, 2.45) is 5.92 Å². The predicted octanol–water partition coefficient (Wildman–Crippen LogP) is 6.24. The van der Waals surface area contributed by atoms with Crippen LogP contribution in [0.1, 0.15) is 63.2 Å². The van der Waals surface area contributed by atoms with Gasteiger partial charge in [0, 0.05) is 19.0 Å². The lowest BCUT2D eigenvalue weighted by molar-refractivity contribution is -0.173. The summed E-state index contributed by atoms with van der Waals surface area (Å²) >= 11 is 5.31. The van der Waals surface area contributed by atoms with Gasteiger partial charge in [-0.2, -0.15) is 23.4 Å². The van der Waals surface area contributed by atoms with E-state index in [1.165, 1.54) is 0 Å². The minimum absolute atomic E-state index is 0.141. The lowest BCUT2D eigenvalue weighted by Gasteiger charge is -2.33. The van der Waals surface area contributed by atoms with Crippen LogP contribution in [0.25, 0.3) is 11.5 Å². The predicted molar refractivity (Wildman–Crippen MR) is 120 cm³/mol. The first kappa shape index (κ1) is 22.6. The molecule has 3 heterocycles. The first-order chi connectivity index (χ1) is 15.0. The fourth-order valence-corrected chi connectivity index (χ4v) is 4.27. The van der Waals surface area contributed by atoms with E-state index in [-0.39, 0.29) is 12.3 Å². The Hall–Kier alpha value is -2.62. The highest BCUT2D eigenvalue weighted by atomic mass is 32.1. The molecule has 0 aliphatic carbocycles. The van der Waals surface area contributed by atoms with Gasteiger partial charge in [0.2, 0.25) is 0 Å². The van der Waals surface area contributed by atoms with Crippen LogP contribution in [0.15, 0.2) is 30.3 Å². The summed E-state index contributed by atoms with van der Waals surface area (Å²) in [5, 5.41) is 14.5. The van der Waals surface area contributed by atoms with E-state index in [1.54, 1.807) is 10.6 Å². The minimum atomic E-state index is -4.43. The smallest absolute Gasteiger partial charge is 0.363 e. The van der Waals surface area contributed by atoms with Gasteiger partial charge in [0.25, 0.3) is 0 Å². The molecule has 0 saturated carbocycles. The number of nitrogens with zero attached hydrogens (tertiary/aromatic N) is 4. The van der Waals surface area contributed by atoms with E-state index in [4.69, 9.17) is 12.2 Å². The molecule has 0 spiro atoms. The van der Waals surface area contributed by atoms with Crippen LogP contribution in [-0.4, -0.2) is 30.7 Å². The van der Waals surface area contributed by atoms with Crippen LogP contribution in [0.4, 0.5) is 19.0 Å². The van der Waals surface area contributed by atoms with Crippen LogP contribution in [0.2, 0.25) is 0 Å². The molecule has 0 unspecified atom stereocenters. The molecule has 0 radical (unpaired) electrons. The van der Waals surface area contributed by atoms with Crippen LogP contribution in [-0.2, 0) is 6.54 Å². The molecule has 0 bridgehead atoms. The number of aromatic amines is 1. The Labute approximate surface area is 189 Å². The maximum Gasteiger partial charge on any atom is 0.410 e. The van der Waals surface area contributed by atoms with Gasteiger partial charge in [-0.3, -0.25) is 9.67 Å². The summed E-state index contributed by atoms with van der Waals surface area (Å²) in [5.74, 6) is 1.40. The summed E-state index contributed by atoms with van der Waals surface area (Å²) in [7, 11) is 0. The SMILES string of the molecule is CC(C)Cn1c(-c2cc3n(n2)[C@H](C(F)(F)F)C[C@@H](c2ccc(C(C)C)cc2)N3)n[nH]c1=S. The first-order valence-corrected chi connectivity index (χ1v) is 11.1. The third kappa shape index (κ3) is 4.32. The van der Waals surface area contributed by atoms with Crippen molar-refractivity contribution in [2.45, 2.75) is 64.8 Å². The van der Waals surface area contributed by atoms with Crippen molar-refractivity contribution in [1.82, 2.24) is 24.5 Å². The van der Waals surface area contributed by atoms with Crippen molar-refractivity contribution >= 4 is 18.0 Å². The zero-order chi connectivity index (χ0) is 23.2. The van der Waals surface area contributed by atoms with Gasteiger partial charge in [-0.15, -0.1) is 0 Å². The Balaban J connectivity index is 1.73. The Morgan fingerprint density at radius 3 is 2.44 bits per heavy atom. The molecule has 1 aromatic carbocycles. The van der Waals surface area contributed by atoms with Crippen molar-refractivity contribution in [3.8, 4) is 11.5 Å². The highest BCUT2D eigenvalue weighted by Gasteiger charge is 2.46. The number of anilines is 1. The van der Waals surface area contributed by atoms with Crippen LogP contribution in [0, 0.1) is 10.7 Å². The van der Waals surface area contributed by atoms with Crippen LogP contribution >= 0.6 is 12.2 Å². The van der Waals surface area contributed by atoms with Gasteiger partial charge in [-0.25, -0.2) is 4.68 Å². The van der Waals surface area contributed by atoms with Crippen molar-refractivity contribution < 1.29 is 13.2 Å². The van der Waals surface area contributed by atoms with Gasteiger partial charge in [0.15, 0.2) is 16.6 Å². The number of hydrogen-bond donors (Lipinski definition) is 2. The number of fused-ring (bicyclic) bond motifs is 1. The molecule has 10 heteroatoms. The maximum atomic E-state index is 14.0. The molecule has 0 amide bonds. The van der Waals surface area contributed by atoms with E-state index in [1.807, 2.05) is 38.1 Å². The Morgan fingerprint density at radius 1 is 1.16 bits per heavy atom. The number of rotatable bonds is 5. The highest BCUT2D eigenvalue weighted by molar-refractivity contribution is 7.71. The van der Waals surface area contributed by atoms with Crippen LogP contribution < -0.4 is 5.32 Å². The fraction of sp³-hybridized carbons (Fsp3) is 0.500. The minimum Gasteiger partial charge on any atom is -0.363 e. The molecule has 32 heavy (non-hydrogen) atoms. The van der Waals surface area contributed by atoms with Crippen LogP contribution in [0.5, 0.6) is 0 Å². The third-order valence-electron chi connectivity index (χ3n) is 5.73. The summed E-state index contributed by atoms with van der Waals surface area (Å²) in [4.78, 5) is 0. The summed E-state index contributed by atoms with van der Waals surface area (Å²) in [6, 6.07) is 7.17. The van der Waals surface area contributed by atoms with E-state index < -0.39 is 18.3 Å². The Morgan fingerprint density at radius 2 is 1.84 bits per heavy atom. The van der Waals surface area contributed by atoms with Gasteiger partial charge >= 0.3 is 6.18 Å². The molecule has 1 aliphatic heterocycles. The number of halogens is 3. The number of H-pyrrole nitrogens is 1. The van der Waals surface area contributed by atoms with Crippen LogP contribution in [0.3, 0.4) is 0 Å². The topological polar surface area (TPSA) is 63.5 Å². The monoisotopic (exact) mass is 464 g/mol. The molecular formula is C22H27F3N6S. The van der Waals surface area contributed by atoms with Crippen molar-refractivity contribution in [1.29, 1.82) is 0 Å². The largest absolute Gasteiger partial charge is 0.410 e. The van der Waals surface area contributed by atoms with Gasteiger partial charge < -0.3 is 5.32 Å². The summed E-state index contributed by atoms with van der Waals surface area (Å²) in [5.41, 5.74) is 2.32. The molecule has 3 aromatic rings. The molecule has 6 nitrogen and oxygen atoms in total. The maximum absolute atomic E-state index is 14.0. The number of alkyl halides is 3. The molecule has 4 rings (SSSR count). The lowest BCUT2D eigenvalue weighted by Crippen LogP contribution is -2.35. The van der Waals surface area contributed by atoms with E-state index in [9.17, 15) is 13.2 Å². The Kier molecular flexibility index (Phi) is 5.91. The van der Waals surface area contributed by atoms with Crippen molar-refractivity contribution in [2.75, 3.05) is 5.32 Å².